The van der Waals surface area contributed by atoms with Gasteiger partial charge < -0.3 is 10.5 Å². The third kappa shape index (κ3) is 3.34. The zero-order chi connectivity index (χ0) is 13.0. The van der Waals surface area contributed by atoms with Crippen molar-refractivity contribution in [2.24, 2.45) is 5.73 Å². The van der Waals surface area contributed by atoms with E-state index in [-0.39, 0.29) is 6.04 Å². The molecule has 0 spiro atoms. The normalized spacial score (nSPS) is 12.4. The second-order valence-electron chi connectivity index (χ2n) is 4.46. The summed E-state index contributed by atoms with van der Waals surface area (Å²) in [5, 5.41) is 4.17. The van der Waals surface area contributed by atoms with E-state index in [1.807, 2.05) is 42.9 Å². The van der Waals surface area contributed by atoms with Gasteiger partial charge in [0.25, 0.3) is 0 Å². The Balaban J connectivity index is 2.08. The van der Waals surface area contributed by atoms with Crippen LogP contribution in [-0.2, 0) is 13.0 Å². The summed E-state index contributed by atoms with van der Waals surface area (Å²) in [5.74, 6) is 1.58. The van der Waals surface area contributed by atoms with E-state index in [1.165, 1.54) is 5.56 Å². The zero-order valence-corrected chi connectivity index (χ0v) is 10.8. The monoisotopic (exact) mass is 245 g/mol. The highest BCUT2D eigenvalue weighted by atomic mass is 16.5. The fraction of sp³-hybridized carbons (Fsp3) is 0.357. The molecule has 1 aromatic heterocycles. The number of aryl methyl sites for hydroxylation is 1. The molecule has 0 bridgehead atoms. The summed E-state index contributed by atoms with van der Waals surface area (Å²) in [5.41, 5.74) is 6.98. The lowest BCUT2D eigenvalue weighted by atomic mass is 10.1. The van der Waals surface area contributed by atoms with E-state index in [4.69, 9.17) is 10.5 Å². The summed E-state index contributed by atoms with van der Waals surface area (Å²) < 4.78 is 7.59. The average molecular weight is 245 g/mol. The fourth-order valence-electron chi connectivity index (χ4n) is 1.81. The van der Waals surface area contributed by atoms with E-state index in [1.54, 1.807) is 6.20 Å². The van der Waals surface area contributed by atoms with Crippen LogP contribution in [-0.4, -0.2) is 15.8 Å². The van der Waals surface area contributed by atoms with Crippen LogP contribution < -0.4 is 10.5 Å². The van der Waals surface area contributed by atoms with E-state index in [0.29, 0.717) is 0 Å². The van der Waals surface area contributed by atoms with Crippen LogP contribution >= 0.6 is 0 Å². The minimum atomic E-state index is 0.156. The van der Waals surface area contributed by atoms with Crippen LogP contribution in [0.2, 0.25) is 0 Å². The van der Waals surface area contributed by atoms with Crippen molar-refractivity contribution in [3.05, 3.63) is 42.2 Å². The second-order valence-corrected chi connectivity index (χ2v) is 4.46. The number of hydrogen-bond donors (Lipinski definition) is 1. The second kappa shape index (κ2) is 5.69. The molecular formula is C14H19N3O. The van der Waals surface area contributed by atoms with Gasteiger partial charge in [-0.15, -0.1) is 0 Å². The van der Waals surface area contributed by atoms with Crippen molar-refractivity contribution in [3.8, 4) is 11.5 Å². The highest BCUT2D eigenvalue weighted by Gasteiger charge is 2.03. The van der Waals surface area contributed by atoms with E-state index >= 15 is 0 Å². The number of hydrogen-bond acceptors (Lipinski definition) is 3. The molecule has 0 aliphatic carbocycles. The largest absolute Gasteiger partial charge is 0.454 e. The van der Waals surface area contributed by atoms with Crippen molar-refractivity contribution in [2.75, 3.05) is 0 Å². The van der Waals surface area contributed by atoms with Crippen LogP contribution in [0.1, 0.15) is 19.4 Å². The van der Waals surface area contributed by atoms with E-state index in [9.17, 15) is 0 Å². The molecular weight excluding hydrogens is 226 g/mol. The number of benzene rings is 1. The Labute approximate surface area is 107 Å². The quantitative estimate of drug-likeness (QED) is 0.880. The van der Waals surface area contributed by atoms with Gasteiger partial charge in [-0.2, -0.15) is 5.10 Å². The number of ether oxygens (including phenoxy) is 1. The minimum Gasteiger partial charge on any atom is -0.454 e. The van der Waals surface area contributed by atoms with Crippen LogP contribution in [0.4, 0.5) is 0 Å². The summed E-state index contributed by atoms with van der Waals surface area (Å²) in [6.07, 6.45) is 4.46. The molecule has 0 radical (unpaired) electrons. The molecule has 18 heavy (non-hydrogen) atoms. The Hall–Kier alpha value is -1.81. The Bertz CT molecular complexity index is 505. The standard InChI is InChI=1S/C14H19N3O/c1-3-17-10-14(9-16-17)18-13-6-4-5-12(8-13)7-11(2)15/h4-6,8-11H,3,7,15H2,1-2H3. The first kappa shape index (κ1) is 12.6. The molecule has 4 nitrogen and oxygen atoms in total. The topological polar surface area (TPSA) is 53.1 Å². The zero-order valence-electron chi connectivity index (χ0n) is 10.8. The SMILES string of the molecule is CCn1cc(Oc2cccc(CC(C)N)c2)cn1. The summed E-state index contributed by atoms with van der Waals surface area (Å²) in [4.78, 5) is 0. The summed E-state index contributed by atoms with van der Waals surface area (Å²) in [6.45, 7) is 4.88. The highest BCUT2D eigenvalue weighted by molar-refractivity contribution is 5.32. The van der Waals surface area contributed by atoms with Gasteiger partial charge in [-0.05, 0) is 38.0 Å². The molecule has 2 N–H and O–H groups in total. The minimum absolute atomic E-state index is 0.156. The lowest BCUT2D eigenvalue weighted by Crippen LogP contribution is -2.17. The number of nitrogens with zero attached hydrogens (tertiary/aromatic N) is 2. The van der Waals surface area contributed by atoms with Crippen molar-refractivity contribution < 1.29 is 4.74 Å². The summed E-state index contributed by atoms with van der Waals surface area (Å²) in [7, 11) is 0. The van der Waals surface area contributed by atoms with Crippen molar-refractivity contribution in [2.45, 2.75) is 32.9 Å². The van der Waals surface area contributed by atoms with Crippen molar-refractivity contribution in [1.29, 1.82) is 0 Å². The molecule has 1 heterocycles. The van der Waals surface area contributed by atoms with Crippen LogP contribution in [0.15, 0.2) is 36.7 Å². The van der Waals surface area contributed by atoms with Gasteiger partial charge in [0, 0.05) is 12.6 Å². The lowest BCUT2D eigenvalue weighted by Gasteiger charge is -2.07. The smallest absolute Gasteiger partial charge is 0.165 e. The Morgan fingerprint density at radius 1 is 1.39 bits per heavy atom. The lowest BCUT2D eigenvalue weighted by molar-refractivity contribution is 0.480. The highest BCUT2D eigenvalue weighted by Crippen LogP contribution is 2.22. The Morgan fingerprint density at radius 3 is 2.89 bits per heavy atom. The van der Waals surface area contributed by atoms with Gasteiger partial charge in [-0.25, -0.2) is 0 Å². The number of rotatable bonds is 5. The van der Waals surface area contributed by atoms with Crippen LogP contribution in [0.25, 0.3) is 0 Å². The first-order valence-corrected chi connectivity index (χ1v) is 6.22. The van der Waals surface area contributed by atoms with E-state index in [0.717, 1.165) is 24.5 Å². The molecule has 0 fully saturated rings. The Kier molecular flexibility index (Phi) is 3.99. The van der Waals surface area contributed by atoms with Gasteiger partial charge >= 0.3 is 0 Å². The molecule has 0 aliphatic heterocycles. The van der Waals surface area contributed by atoms with Gasteiger partial charge in [0.05, 0.1) is 12.4 Å². The number of nitrogens with two attached hydrogens (primary N) is 1. The van der Waals surface area contributed by atoms with Gasteiger partial charge in [-0.1, -0.05) is 12.1 Å². The van der Waals surface area contributed by atoms with Crippen LogP contribution in [0.3, 0.4) is 0 Å². The average Bonchev–Trinajstić information content (AvgIpc) is 2.76. The third-order valence-corrected chi connectivity index (χ3v) is 2.63. The van der Waals surface area contributed by atoms with Crippen molar-refractivity contribution >= 4 is 0 Å². The maximum Gasteiger partial charge on any atom is 0.165 e. The molecule has 1 aromatic carbocycles. The maximum atomic E-state index is 5.79. The molecule has 0 aliphatic rings. The van der Waals surface area contributed by atoms with Gasteiger partial charge in [0.1, 0.15) is 5.75 Å². The van der Waals surface area contributed by atoms with Crippen molar-refractivity contribution in [1.82, 2.24) is 9.78 Å². The third-order valence-electron chi connectivity index (χ3n) is 2.63. The molecule has 0 amide bonds. The molecule has 2 aromatic rings. The predicted octanol–water partition coefficient (Wildman–Crippen LogP) is 2.58. The summed E-state index contributed by atoms with van der Waals surface area (Å²) >= 11 is 0. The molecule has 2 rings (SSSR count). The van der Waals surface area contributed by atoms with Gasteiger partial charge in [0.2, 0.25) is 0 Å². The van der Waals surface area contributed by atoms with E-state index < -0.39 is 0 Å². The van der Waals surface area contributed by atoms with Gasteiger partial charge in [0.15, 0.2) is 5.75 Å². The molecule has 0 saturated heterocycles. The number of aromatic nitrogens is 2. The molecule has 0 saturated carbocycles. The molecule has 96 valence electrons. The first-order chi connectivity index (χ1) is 8.67. The fourth-order valence-corrected chi connectivity index (χ4v) is 1.81. The van der Waals surface area contributed by atoms with Gasteiger partial charge in [-0.3, -0.25) is 4.68 Å². The maximum absolute atomic E-state index is 5.79. The molecule has 1 unspecified atom stereocenters. The summed E-state index contributed by atoms with van der Waals surface area (Å²) in [6, 6.07) is 8.16. The van der Waals surface area contributed by atoms with Crippen molar-refractivity contribution in [3.63, 3.8) is 0 Å². The predicted molar refractivity (Wildman–Crippen MR) is 71.8 cm³/mol. The van der Waals surface area contributed by atoms with Crippen LogP contribution in [0, 0.1) is 0 Å². The Morgan fingerprint density at radius 2 is 2.22 bits per heavy atom. The molecule has 1 atom stereocenters. The first-order valence-electron chi connectivity index (χ1n) is 6.22. The van der Waals surface area contributed by atoms with E-state index in [2.05, 4.69) is 11.2 Å². The molecule has 4 heteroatoms. The van der Waals surface area contributed by atoms with Crippen LogP contribution in [0.5, 0.6) is 11.5 Å².